The molecule has 43 heavy (non-hydrogen) atoms. The van der Waals surface area contributed by atoms with Crippen molar-refractivity contribution in [3.63, 3.8) is 0 Å². The van der Waals surface area contributed by atoms with E-state index in [2.05, 4.69) is 5.32 Å². The summed E-state index contributed by atoms with van der Waals surface area (Å²) in [7, 11) is 1.48. The van der Waals surface area contributed by atoms with Gasteiger partial charge in [0.25, 0.3) is 11.5 Å². The second-order valence-electron chi connectivity index (χ2n) is 9.03. The summed E-state index contributed by atoms with van der Waals surface area (Å²) in [5, 5.41) is 12.8. The van der Waals surface area contributed by atoms with Crippen molar-refractivity contribution in [1.82, 2.24) is 4.57 Å². The van der Waals surface area contributed by atoms with Gasteiger partial charge in [0.1, 0.15) is 28.0 Å². The monoisotopic (exact) mass is 591 g/mol. The summed E-state index contributed by atoms with van der Waals surface area (Å²) in [6.45, 7) is 2.03. The van der Waals surface area contributed by atoms with E-state index in [0.29, 0.717) is 34.2 Å². The van der Waals surface area contributed by atoms with Gasteiger partial charge in [-0.1, -0.05) is 42.5 Å². The van der Waals surface area contributed by atoms with E-state index in [0.717, 1.165) is 16.9 Å². The number of nitrogens with zero attached hydrogens (tertiary/aromatic N) is 2. The predicted octanol–water partition coefficient (Wildman–Crippen LogP) is 4.49. The number of amides is 1. The smallest absolute Gasteiger partial charge is 0.338 e. The Morgan fingerprint density at radius 3 is 2.42 bits per heavy atom. The fraction of sp³-hybridized carbons (Fsp3) is 0.0909. The van der Waals surface area contributed by atoms with E-state index in [-0.39, 0.29) is 21.4 Å². The largest absolute Gasteiger partial charge is 0.495 e. The lowest BCUT2D eigenvalue weighted by Gasteiger charge is -2.09. The summed E-state index contributed by atoms with van der Waals surface area (Å²) in [6, 6.07) is 27.8. The van der Waals surface area contributed by atoms with Crippen LogP contribution in [0.5, 0.6) is 5.75 Å². The first-order chi connectivity index (χ1) is 20.9. The molecule has 0 aliphatic carbocycles. The van der Waals surface area contributed by atoms with E-state index in [1.165, 1.54) is 11.7 Å². The zero-order valence-electron chi connectivity index (χ0n) is 23.2. The van der Waals surface area contributed by atoms with Gasteiger partial charge in [-0.2, -0.15) is 5.26 Å². The Balaban J connectivity index is 1.58. The Bertz CT molecular complexity index is 2020. The molecule has 2 aromatic heterocycles. The SMILES string of the molecule is CCOC(=O)c1ccc(-c2ccc(/C=c3/s/c(=C(/C#N)C(=O)Nc4ccccc4OC)n(-c4ccccc4)c3=O)o2)cc1. The predicted molar refractivity (Wildman–Crippen MR) is 163 cm³/mol. The molecule has 0 saturated carbocycles. The molecule has 214 valence electrons. The van der Waals surface area contributed by atoms with Gasteiger partial charge in [-0.15, -0.1) is 11.3 Å². The zero-order valence-corrected chi connectivity index (χ0v) is 24.0. The normalized spacial score (nSPS) is 11.9. The van der Waals surface area contributed by atoms with Crippen molar-refractivity contribution in [3.8, 4) is 28.8 Å². The number of nitrogens with one attached hydrogen (secondary N) is 1. The minimum atomic E-state index is -0.684. The van der Waals surface area contributed by atoms with Gasteiger partial charge in [-0.05, 0) is 55.5 Å². The van der Waals surface area contributed by atoms with Crippen LogP contribution in [0.2, 0.25) is 0 Å². The lowest BCUT2D eigenvalue weighted by molar-refractivity contribution is -0.111. The maximum Gasteiger partial charge on any atom is 0.338 e. The summed E-state index contributed by atoms with van der Waals surface area (Å²) in [5.41, 5.74) is 1.39. The van der Waals surface area contributed by atoms with E-state index < -0.39 is 17.4 Å². The quantitative estimate of drug-likeness (QED) is 0.264. The molecule has 5 aromatic rings. The number of ether oxygens (including phenoxy) is 2. The number of furan rings is 1. The molecular weight excluding hydrogens is 566 g/mol. The number of anilines is 1. The highest BCUT2D eigenvalue weighted by molar-refractivity contribution is 7.07. The fourth-order valence-corrected chi connectivity index (χ4v) is 5.37. The van der Waals surface area contributed by atoms with Crippen LogP contribution in [-0.4, -0.2) is 30.2 Å². The molecule has 2 heterocycles. The number of para-hydroxylation sites is 3. The number of hydrogen-bond acceptors (Lipinski definition) is 8. The zero-order chi connectivity index (χ0) is 30.3. The van der Waals surface area contributed by atoms with E-state index in [4.69, 9.17) is 13.9 Å². The highest BCUT2D eigenvalue weighted by Crippen LogP contribution is 2.24. The number of nitriles is 1. The first-order valence-electron chi connectivity index (χ1n) is 13.2. The van der Waals surface area contributed by atoms with Gasteiger partial charge in [0.15, 0.2) is 5.57 Å². The summed E-state index contributed by atoms with van der Waals surface area (Å²) >= 11 is 1.00. The molecule has 0 spiro atoms. The lowest BCUT2D eigenvalue weighted by Crippen LogP contribution is -2.32. The molecule has 1 N–H and O–H groups in total. The Kier molecular flexibility index (Phi) is 8.65. The van der Waals surface area contributed by atoms with Crippen molar-refractivity contribution < 1.29 is 23.5 Å². The maximum absolute atomic E-state index is 13.7. The molecule has 3 aromatic carbocycles. The number of rotatable bonds is 8. The third-order valence-corrected chi connectivity index (χ3v) is 7.42. The van der Waals surface area contributed by atoms with Crippen molar-refractivity contribution in [2.75, 3.05) is 19.0 Å². The molecular formula is C33H25N3O6S. The molecule has 0 saturated heterocycles. The fourth-order valence-electron chi connectivity index (χ4n) is 4.29. The van der Waals surface area contributed by atoms with Gasteiger partial charge in [0.05, 0.1) is 35.2 Å². The second-order valence-corrected chi connectivity index (χ2v) is 10.1. The molecule has 5 rings (SSSR count). The molecule has 1 amide bonds. The molecule has 0 atom stereocenters. The number of aromatic nitrogens is 1. The van der Waals surface area contributed by atoms with Crippen LogP contribution in [0.1, 0.15) is 23.0 Å². The average molecular weight is 592 g/mol. The van der Waals surface area contributed by atoms with Crippen LogP contribution in [0, 0.1) is 11.3 Å². The highest BCUT2D eigenvalue weighted by Gasteiger charge is 2.19. The summed E-state index contributed by atoms with van der Waals surface area (Å²) in [5.74, 6) is 0.263. The van der Waals surface area contributed by atoms with E-state index in [1.54, 1.807) is 104 Å². The standard InChI is InChI=1S/C33H25N3O6S/c1-3-41-33(39)22-15-13-21(14-16-22)27-18-17-24(42-27)19-29-31(38)36(23-9-5-4-6-10-23)32(43-29)25(20-34)30(37)35-26-11-7-8-12-28(26)40-2/h4-19H,3H2,1-2H3,(H,35,37)/b29-19+,32-25-. The summed E-state index contributed by atoms with van der Waals surface area (Å²) in [6.07, 6.45) is 1.57. The number of esters is 1. The summed E-state index contributed by atoms with van der Waals surface area (Å²) in [4.78, 5) is 39.0. The van der Waals surface area contributed by atoms with Gasteiger partial charge in [-0.3, -0.25) is 14.2 Å². The number of benzene rings is 3. The van der Waals surface area contributed by atoms with E-state index in [1.807, 2.05) is 6.07 Å². The minimum absolute atomic E-state index is 0.165. The van der Waals surface area contributed by atoms with Crippen LogP contribution in [0.25, 0.3) is 28.7 Å². The number of thiazole rings is 1. The number of carbonyl (C=O) groups is 2. The van der Waals surface area contributed by atoms with Crippen molar-refractivity contribution in [2.45, 2.75) is 6.92 Å². The van der Waals surface area contributed by atoms with Gasteiger partial charge in [-0.25, -0.2) is 4.79 Å². The third-order valence-electron chi connectivity index (χ3n) is 6.33. The van der Waals surface area contributed by atoms with Crippen molar-refractivity contribution >= 4 is 40.5 Å². The first-order valence-corrected chi connectivity index (χ1v) is 14.0. The third kappa shape index (κ3) is 6.17. The van der Waals surface area contributed by atoms with Gasteiger partial charge >= 0.3 is 5.97 Å². The molecule has 10 heteroatoms. The van der Waals surface area contributed by atoms with Crippen molar-refractivity contribution in [1.29, 1.82) is 5.26 Å². The van der Waals surface area contributed by atoms with Crippen LogP contribution < -0.4 is 24.8 Å². The van der Waals surface area contributed by atoms with Gasteiger partial charge < -0.3 is 19.2 Å². The van der Waals surface area contributed by atoms with E-state index in [9.17, 15) is 19.6 Å². The van der Waals surface area contributed by atoms with Crippen molar-refractivity contribution in [2.24, 2.45) is 0 Å². The van der Waals surface area contributed by atoms with Crippen LogP contribution in [0.3, 0.4) is 0 Å². The Morgan fingerprint density at radius 2 is 1.72 bits per heavy atom. The van der Waals surface area contributed by atoms with Gasteiger partial charge in [0.2, 0.25) is 0 Å². The molecule has 0 bridgehead atoms. The number of hydrogen-bond donors (Lipinski definition) is 1. The van der Waals surface area contributed by atoms with E-state index >= 15 is 0 Å². The average Bonchev–Trinajstić information content (AvgIpc) is 3.63. The highest BCUT2D eigenvalue weighted by atomic mass is 32.1. The summed E-state index contributed by atoms with van der Waals surface area (Å²) < 4.78 is 18.1. The van der Waals surface area contributed by atoms with Crippen LogP contribution >= 0.6 is 11.3 Å². The van der Waals surface area contributed by atoms with Crippen LogP contribution in [0.15, 0.2) is 100 Å². The lowest BCUT2D eigenvalue weighted by atomic mass is 10.1. The molecule has 9 nitrogen and oxygen atoms in total. The molecule has 0 fully saturated rings. The molecule has 0 unspecified atom stereocenters. The number of methoxy groups -OCH3 is 1. The number of carbonyl (C=O) groups excluding carboxylic acids is 2. The Morgan fingerprint density at radius 1 is 1.00 bits per heavy atom. The Hall–Kier alpha value is -5.66. The van der Waals surface area contributed by atoms with Crippen molar-refractivity contribution in [3.05, 3.63) is 122 Å². The minimum Gasteiger partial charge on any atom is -0.495 e. The molecule has 0 aliphatic rings. The van der Waals surface area contributed by atoms with Gasteiger partial charge in [0, 0.05) is 11.6 Å². The van der Waals surface area contributed by atoms with Crippen LogP contribution in [0.4, 0.5) is 5.69 Å². The topological polar surface area (TPSA) is 124 Å². The molecule has 0 radical (unpaired) electrons. The Labute approximate surface area is 250 Å². The molecule has 0 aliphatic heterocycles. The second kappa shape index (κ2) is 12.9. The first kappa shape index (κ1) is 28.9. The van der Waals surface area contributed by atoms with Crippen LogP contribution in [-0.2, 0) is 9.53 Å². The maximum atomic E-state index is 13.7.